The van der Waals surface area contributed by atoms with Gasteiger partial charge in [0.05, 0.1) is 11.4 Å². The molecular weight excluding hydrogens is 336 g/mol. The molecule has 2 aliphatic rings. The van der Waals surface area contributed by atoms with E-state index in [4.69, 9.17) is 0 Å². The Kier molecular flexibility index (Phi) is 4.27. The molecule has 0 unspecified atom stereocenters. The van der Waals surface area contributed by atoms with Crippen molar-refractivity contribution in [3.63, 3.8) is 0 Å². The molecule has 2 aromatic rings. The van der Waals surface area contributed by atoms with Crippen molar-refractivity contribution in [2.45, 2.75) is 19.9 Å². The van der Waals surface area contributed by atoms with Gasteiger partial charge in [0.2, 0.25) is 5.91 Å². The molecule has 0 spiro atoms. The number of nitrogens with zero attached hydrogens (tertiary/aromatic N) is 3. The molecule has 0 radical (unpaired) electrons. The Bertz CT molecular complexity index is 824. The topological polar surface area (TPSA) is 65.5 Å². The van der Waals surface area contributed by atoms with Gasteiger partial charge in [-0.2, -0.15) is 0 Å². The first kappa shape index (κ1) is 16.2. The van der Waals surface area contributed by atoms with E-state index in [0.717, 1.165) is 49.0 Å². The summed E-state index contributed by atoms with van der Waals surface area (Å²) in [4.78, 5) is 34.0. The van der Waals surface area contributed by atoms with E-state index in [1.165, 1.54) is 4.88 Å². The summed E-state index contributed by atoms with van der Waals surface area (Å²) in [5, 5.41) is 3.90. The van der Waals surface area contributed by atoms with E-state index in [2.05, 4.69) is 15.2 Å². The van der Waals surface area contributed by atoms with E-state index in [9.17, 15) is 9.59 Å². The fourth-order valence-electron chi connectivity index (χ4n) is 3.34. The maximum Gasteiger partial charge on any atom is 0.254 e. The summed E-state index contributed by atoms with van der Waals surface area (Å²) >= 11 is 1.73. The van der Waals surface area contributed by atoms with Gasteiger partial charge in [-0.1, -0.05) is 6.07 Å². The maximum absolute atomic E-state index is 12.7. The van der Waals surface area contributed by atoms with Crippen molar-refractivity contribution in [2.24, 2.45) is 0 Å². The van der Waals surface area contributed by atoms with E-state index in [-0.39, 0.29) is 11.8 Å². The molecule has 1 fully saturated rings. The standard InChI is InChI=1S/C18H20N4O2S/c1-12-19-10-15(25-12)11-21-4-6-22(7-5-21)18(24)14-3-2-13-9-17(23)20-16(13)8-14/h2-3,8,10H,4-7,9,11H2,1H3,(H,20,23). The van der Waals surface area contributed by atoms with Crippen LogP contribution in [0.15, 0.2) is 24.4 Å². The zero-order valence-electron chi connectivity index (χ0n) is 14.1. The summed E-state index contributed by atoms with van der Waals surface area (Å²) in [6.07, 6.45) is 2.34. The van der Waals surface area contributed by atoms with E-state index < -0.39 is 0 Å². The number of aromatic nitrogens is 1. The minimum Gasteiger partial charge on any atom is -0.336 e. The van der Waals surface area contributed by atoms with Gasteiger partial charge in [0.25, 0.3) is 5.91 Å². The third kappa shape index (κ3) is 3.43. The average molecular weight is 356 g/mol. The first-order valence-corrected chi connectivity index (χ1v) is 9.26. The highest BCUT2D eigenvalue weighted by molar-refractivity contribution is 7.11. The Morgan fingerprint density at radius 3 is 2.80 bits per heavy atom. The highest BCUT2D eigenvalue weighted by Gasteiger charge is 2.24. The molecule has 2 amide bonds. The van der Waals surface area contributed by atoms with Crippen LogP contribution in [-0.2, 0) is 17.8 Å². The van der Waals surface area contributed by atoms with E-state index >= 15 is 0 Å². The van der Waals surface area contributed by atoms with Gasteiger partial charge in [-0.3, -0.25) is 14.5 Å². The van der Waals surface area contributed by atoms with Crippen molar-refractivity contribution in [3.05, 3.63) is 45.4 Å². The Hall–Kier alpha value is -2.25. The van der Waals surface area contributed by atoms with E-state index in [1.807, 2.05) is 30.2 Å². The first-order chi connectivity index (χ1) is 12.1. The number of fused-ring (bicyclic) bond motifs is 1. The first-order valence-electron chi connectivity index (χ1n) is 8.44. The number of rotatable bonds is 3. The molecule has 4 rings (SSSR count). The smallest absolute Gasteiger partial charge is 0.254 e. The molecule has 0 atom stereocenters. The molecule has 7 heteroatoms. The van der Waals surface area contributed by atoms with Crippen LogP contribution in [0.5, 0.6) is 0 Å². The Morgan fingerprint density at radius 2 is 2.08 bits per heavy atom. The van der Waals surface area contributed by atoms with Crippen molar-refractivity contribution in [1.29, 1.82) is 0 Å². The highest BCUT2D eigenvalue weighted by Crippen LogP contribution is 2.25. The van der Waals surface area contributed by atoms with Crippen molar-refractivity contribution in [2.75, 3.05) is 31.5 Å². The van der Waals surface area contributed by atoms with Crippen molar-refractivity contribution in [3.8, 4) is 0 Å². The minimum atomic E-state index is -0.00785. The van der Waals surface area contributed by atoms with Crippen LogP contribution < -0.4 is 5.32 Å². The van der Waals surface area contributed by atoms with Gasteiger partial charge in [-0.15, -0.1) is 11.3 Å². The molecular formula is C18H20N4O2S. The molecule has 1 aromatic heterocycles. The van der Waals surface area contributed by atoms with Gasteiger partial charge in [-0.25, -0.2) is 4.98 Å². The Balaban J connectivity index is 1.37. The zero-order valence-corrected chi connectivity index (χ0v) is 14.9. The van der Waals surface area contributed by atoms with Crippen molar-refractivity contribution in [1.82, 2.24) is 14.8 Å². The molecule has 2 aliphatic heterocycles. The van der Waals surface area contributed by atoms with Gasteiger partial charge < -0.3 is 10.2 Å². The van der Waals surface area contributed by atoms with Crippen LogP contribution >= 0.6 is 11.3 Å². The molecule has 6 nitrogen and oxygen atoms in total. The zero-order chi connectivity index (χ0) is 17.4. The number of anilines is 1. The lowest BCUT2D eigenvalue weighted by atomic mass is 10.1. The number of nitrogens with one attached hydrogen (secondary N) is 1. The number of benzene rings is 1. The summed E-state index contributed by atoms with van der Waals surface area (Å²) in [6.45, 7) is 6.09. The fourth-order valence-corrected chi connectivity index (χ4v) is 4.18. The molecule has 1 N–H and O–H groups in total. The van der Waals surface area contributed by atoms with Gasteiger partial charge in [0.1, 0.15) is 0 Å². The molecule has 1 aromatic carbocycles. The van der Waals surface area contributed by atoms with Crippen LogP contribution in [0, 0.1) is 6.92 Å². The molecule has 130 valence electrons. The SMILES string of the molecule is Cc1ncc(CN2CCN(C(=O)c3ccc4c(c3)NC(=O)C4)CC2)s1. The number of piperazine rings is 1. The third-order valence-corrected chi connectivity index (χ3v) is 5.59. The van der Waals surface area contributed by atoms with Crippen LogP contribution in [0.2, 0.25) is 0 Å². The quantitative estimate of drug-likeness (QED) is 0.912. The number of carbonyl (C=O) groups excluding carboxylic acids is 2. The second-order valence-electron chi connectivity index (χ2n) is 6.51. The second kappa shape index (κ2) is 6.57. The van der Waals surface area contributed by atoms with Gasteiger partial charge in [0.15, 0.2) is 0 Å². The number of thiazole rings is 1. The summed E-state index contributed by atoms with van der Waals surface area (Å²) in [5.74, 6) is 0.0313. The monoisotopic (exact) mass is 356 g/mol. The number of aryl methyl sites for hydroxylation is 1. The second-order valence-corrected chi connectivity index (χ2v) is 7.83. The molecule has 25 heavy (non-hydrogen) atoms. The van der Waals surface area contributed by atoms with Crippen molar-refractivity contribution >= 4 is 28.8 Å². The third-order valence-electron chi connectivity index (χ3n) is 4.69. The lowest BCUT2D eigenvalue weighted by Crippen LogP contribution is -2.48. The maximum atomic E-state index is 12.7. The molecule has 0 saturated carbocycles. The molecule has 0 bridgehead atoms. The van der Waals surface area contributed by atoms with Crippen LogP contribution in [0.4, 0.5) is 5.69 Å². The summed E-state index contributed by atoms with van der Waals surface area (Å²) < 4.78 is 0. The van der Waals surface area contributed by atoms with Gasteiger partial charge in [-0.05, 0) is 24.6 Å². The Labute approximate surface area is 150 Å². The molecule has 3 heterocycles. The molecule has 1 saturated heterocycles. The van der Waals surface area contributed by atoms with Gasteiger partial charge in [0, 0.05) is 55.0 Å². The van der Waals surface area contributed by atoms with E-state index in [1.54, 1.807) is 17.4 Å². The fraction of sp³-hybridized carbons (Fsp3) is 0.389. The number of amides is 2. The normalized spacial score (nSPS) is 17.5. The van der Waals surface area contributed by atoms with E-state index in [0.29, 0.717) is 12.0 Å². The predicted molar refractivity (Wildman–Crippen MR) is 96.8 cm³/mol. The minimum absolute atomic E-state index is 0.00785. The number of carbonyl (C=O) groups is 2. The van der Waals surface area contributed by atoms with Crippen LogP contribution in [0.25, 0.3) is 0 Å². The largest absolute Gasteiger partial charge is 0.336 e. The lowest BCUT2D eigenvalue weighted by Gasteiger charge is -2.34. The molecule has 0 aliphatic carbocycles. The summed E-state index contributed by atoms with van der Waals surface area (Å²) in [5.41, 5.74) is 2.38. The predicted octanol–water partition coefficient (Wildman–Crippen LogP) is 1.90. The van der Waals surface area contributed by atoms with Crippen LogP contribution in [0.1, 0.15) is 25.8 Å². The van der Waals surface area contributed by atoms with Crippen LogP contribution in [0.3, 0.4) is 0 Å². The lowest BCUT2D eigenvalue weighted by molar-refractivity contribution is -0.115. The number of hydrogen-bond acceptors (Lipinski definition) is 5. The average Bonchev–Trinajstić information content (AvgIpc) is 3.18. The Morgan fingerprint density at radius 1 is 1.28 bits per heavy atom. The summed E-state index contributed by atoms with van der Waals surface area (Å²) in [6, 6.07) is 5.51. The number of hydrogen-bond donors (Lipinski definition) is 1. The van der Waals surface area contributed by atoms with Gasteiger partial charge >= 0.3 is 0 Å². The van der Waals surface area contributed by atoms with Crippen molar-refractivity contribution < 1.29 is 9.59 Å². The summed E-state index contributed by atoms with van der Waals surface area (Å²) in [7, 11) is 0. The highest BCUT2D eigenvalue weighted by atomic mass is 32.1. The van der Waals surface area contributed by atoms with Crippen LogP contribution in [-0.4, -0.2) is 52.8 Å².